The summed E-state index contributed by atoms with van der Waals surface area (Å²) in [6, 6.07) is 6.96. The average Bonchev–Trinajstić information content (AvgIpc) is 3.11. The monoisotopic (exact) mass is 393 g/mol. The van der Waals surface area contributed by atoms with Crippen molar-refractivity contribution in [3.05, 3.63) is 45.9 Å². The molecule has 1 fully saturated rings. The van der Waals surface area contributed by atoms with E-state index < -0.39 is 0 Å². The van der Waals surface area contributed by atoms with E-state index in [2.05, 4.69) is 5.32 Å². The molecule has 2 heterocycles. The first-order chi connectivity index (χ1) is 12.5. The minimum atomic E-state index is -0.384. The molecule has 0 saturated carbocycles. The first-order valence-corrected chi connectivity index (χ1v) is 9.51. The van der Waals surface area contributed by atoms with Gasteiger partial charge in [-0.3, -0.25) is 0 Å². The number of benzene rings is 1. The summed E-state index contributed by atoms with van der Waals surface area (Å²) in [5.74, 6) is -0.587. The molecule has 0 bridgehead atoms. The number of carbonyl (C=O) groups is 1. The minimum absolute atomic E-state index is 0.203. The molecule has 1 aromatic heterocycles. The third-order valence-corrected chi connectivity index (χ3v) is 5.54. The van der Waals surface area contributed by atoms with Crippen LogP contribution in [0.2, 0.25) is 0 Å². The quantitative estimate of drug-likeness (QED) is 0.636. The lowest BCUT2D eigenvalue weighted by atomic mass is 10.2. The molecule has 1 aliphatic heterocycles. The molecular weight excluding hydrogens is 373 g/mol. The molecule has 0 aliphatic carbocycles. The zero-order valence-electron chi connectivity index (χ0n) is 14.6. The lowest BCUT2D eigenvalue weighted by Crippen LogP contribution is -2.50. The van der Waals surface area contributed by atoms with Crippen molar-refractivity contribution in [2.24, 2.45) is 0 Å². The second-order valence-corrected chi connectivity index (χ2v) is 7.32. The number of nitrogens with one attached hydrogen (secondary N) is 1. The van der Waals surface area contributed by atoms with E-state index in [1.807, 2.05) is 34.2 Å². The van der Waals surface area contributed by atoms with Crippen molar-refractivity contribution < 1.29 is 13.9 Å². The second kappa shape index (κ2) is 8.01. The highest BCUT2D eigenvalue weighted by Crippen LogP contribution is 2.25. The lowest BCUT2D eigenvalue weighted by molar-refractivity contribution is 0.0607. The number of hydrogen-bond donors (Lipinski definition) is 1. The van der Waals surface area contributed by atoms with Gasteiger partial charge >= 0.3 is 5.97 Å². The number of methoxy groups -OCH3 is 1. The van der Waals surface area contributed by atoms with E-state index in [9.17, 15) is 9.18 Å². The first kappa shape index (κ1) is 18.6. The van der Waals surface area contributed by atoms with Gasteiger partial charge < -0.3 is 19.9 Å². The van der Waals surface area contributed by atoms with Gasteiger partial charge in [0.1, 0.15) is 10.7 Å². The molecule has 1 saturated heterocycles. The maximum Gasteiger partial charge on any atom is 0.350 e. The average molecular weight is 394 g/mol. The van der Waals surface area contributed by atoms with Crippen LogP contribution in [-0.2, 0) is 4.74 Å². The second-order valence-electron chi connectivity index (χ2n) is 6.01. The molecule has 26 heavy (non-hydrogen) atoms. The normalized spacial score (nSPS) is 14.3. The number of halogens is 1. The smallest absolute Gasteiger partial charge is 0.350 e. The van der Waals surface area contributed by atoms with Crippen molar-refractivity contribution in [1.82, 2.24) is 4.90 Å². The first-order valence-electron chi connectivity index (χ1n) is 8.22. The number of anilines is 2. The molecule has 1 aromatic carbocycles. The van der Waals surface area contributed by atoms with Crippen LogP contribution in [0.3, 0.4) is 0 Å². The fourth-order valence-electron chi connectivity index (χ4n) is 2.87. The van der Waals surface area contributed by atoms with Crippen LogP contribution < -0.4 is 10.2 Å². The zero-order chi connectivity index (χ0) is 18.7. The van der Waals surface area contributed by atoms with E-state index in [0.29, 0.717) is 47.5 Å². The highest BCUT2D eigenvalue weighted by molar-refractivity contribution is 7.80. The van der Waals surface area contributed by atoms with Gasteiger partial charge in [-0.25, -0.2) is 9.18 Å². The summed E-state index contributed by atoms with van der Waals surface area (Å²) < 4.78 is 18.9. The van der Waals surface area contributed by atoms with Crippen LogP contribution in [0.4, 0.5) is 15.8 Å². The maximum absolute atomic E-state index is 14.1. The van der Waals surface area contributed by atoms with Crippen molar-refractivity contribution in [3.63, 3.8) is 0 Å². The maximum atomic E-state index is 14.1. The summed E-state index contributed by atoms with van der Waals surface area (Å²) in [6.07, 6.45) is 0. The summed E-state index contributed by atoms with van der Waals surface area (Å²) in [6.45, 7) is 4.66. The Morgan fingerprint density at radius 2 is 2.00 bits per heavy atom. The fourth-order valence-corrected chi connectivity index (χ4v) is 3.93. The molecule has 0 atom stereocenters. The van der Waals surface area contributed by atoms with Crippen LogP contribution in [0, 0.1) is 12.7 Å². The van der Waals surface area contributed by atoms with Crippen LogP contribution >= 0.6 is 23.6 Å². The molecular formula is C18H20FN3O2S2. The molecule has 5 nitrogen and oxygen atoms in total. The van der Waals surface area contributed by atoms with Crippen molar-refractivity contribution in [2.75, 3.05) is 43.5 Å². The summed E-state index contributed by atoms with van der Waals surface area (Å²) >= 11 is 6.79. The van der Waals surface area contributed by atoms with Crippen molar-refractivity contribution >= 4 is 46.0 Å². The Kier molecular flexibility index (Phi) is 5.73. The predicted molar refractivity (Wildman–Crippen MR) is 107 cm³/mol. The summed E-state index contributed by atoms with van der Waals surface area (Å²) in [7, 11) is 1.35. The minimum Gasteiger partial charge on any atom is -0.465 e. The van der Waals surface area contributed by atoms with E-state index in [0.717, 1.165) is 5.56 Å². The van der Waals surface area contributed by atoms with Gasteiger partial charge in [-0.2, -0.15) is 0 Å². The van der Waals surface area contributed by atoms with Gasteiger partial charge in [-0.15, -0.1) is 11.3 Å². The van der Waals surface area contributed by atoms with Gasteiger partial charge in [0.15, 0.2) is 5.11 Å². The standard InChI is InChI=1S/C18H20FN3O2S2/c1-12-3-4-13(19)15(11-12)21-6-8-22(9-7-21)18(25)20-14-5-10-26-16(14)17(23)24-2/h3-5,10-11H,6-9H2,1-2H3,(H,20,25). The van der Waals surface area contributed by atoms with Crippen LogP contribution in [0.15, 0.2) is 29.6 Å². The highest BCUT2D eigenvalue weighted by atomic mass is 32.1. The molecule has 3 rings (SSSR count). The number of thiocarbonyl (C=S) groups is 1. The molecule has 0 amide bonds. The zero-order valence-corrected chi connectivity index (χ0v) is 16.3. The predicted octanol–water partition coefficient (Wildman–Crippen LogP) is 3.50. The lowest BCUT2D eigenvalue weighted by Gasteiger charge is -2.37. The van der Waals surface area contributed by atoms with Gasteiger partial charge in [0.25, 0.3) is 0 Å². The van der Waals surface area contributed by atoms with Gasteiger partial charge in [-0.1, -0.05) is 6.07 Å². The van der Waals surface area contributed by atoms with Crippen molar-refractivity contribution in [1.29, 1.82) is 0 Å². The molecule has 1 N–H and O–H groups in total. The molecule has 2 aromatic rings. The third-order valence-electron chi connectivity index (χ3n) is 4.29. The molecule has 8 heteroatoms. The third kappa shape index (κ3) is 3.96. The number of carbonyl (C=O) groups excluding carboxylic acids is 1. The summed E-state index contributed by atoms with van der Waals surface area (Å²) in [5, 5.41) is 5.49. The number of hydrogen-bond acceptors (Lipinski definition) is 5. The van der Waals surface area contributed by atoms with E-state index in [1.54, 1.807) is 6.07 Å². The fraction of sp³-hybridized carbons (Fsp3) is 0.333. The van der Waals surface area contributed by atoms with E-state index in [4.69, 9.17) is 17.0 Å². The molecule has 0 radical (unpaired) electrons. The van der Waals surface area contributed by atoms with Gasteiger partial charge in [0, 0.05) is 26.2 Å². The number of ether oxygens (including phenoxy) is 1. The molecule has 1 aliphatic rings. The number of rotatable bonds is 3. The summed E-state index contributed by atoms with van der Waals surface area (Å²) in [5.41, 5.74) is 2.32. The number of piperazine rings is 1. The van der Waals surface area contributed by atoms with E-state index in [-0.39, 0.29) is 11.8 Å². The van der Waals surface area contributed by atoms with Gasteiger partial charge in [0.05, 0.1) is 18.5 Å². The topological polar surface area (TPSA) is 44.8 Å². The number of aryl methyl sites for hydroxylation is 1. The van der Waals surface area contributed by atoms with E-state index in [1.165, 1.54) is 24.5 Å². The van der Waals surface area contributed by atoms with Gasteiger partial charge in [0.2, 0.25) is 0 Å². The number of nitrogens with zero attached hydrogens (tertiary/aromatic N) is 2. The Morgan fingerprint density at radius 3 is 2.69 bits per heavy atom. The van der Waals surface area contributed by atoms with Crippen LogP contribution in [0.25, 0.3) is 0 Å². The number of thiophene rings is 1. The molecule has 0 unspecified atom stereocenters. The van der Waals surface area contributed by atoms with Crippen LogP contribution in [0.5, 0.6) is 0 Å². The molecule has 138 valence electrons. The van der Waals surface area contributed by atoms with Crippen molar-refractivity contribution in [3.8, 4) is 0 Å². The Bertz CT molecular complexity index is 817. The Morgan fingerprint density at radius 1 is 1.27 bits per heavy atom. The van der Waals surface area contributed by atoms with Crippen molar-refractivity contribution in [2.45, 2.75) is 6.92 Å². The SMILES string of the molecule is COC(=O)c1sccc1NC(=S)N1CCN(c2cc(C)ccc2F)CC1. The Hall–Kier alpha value is -2.19. The van der Waals surface area contributed by atoms with Gasteiger partial charge in [-0.05, 0) is 48.3 Å². The highest BCUT2D eigenvalue weighted by Gasteiger charge is 2.22. The van der Waals surface area contributed by atoms with E-state index >= 15 is 0 Å². The summed E-state index contributed by atoms with van der Waals surface area (Å²) in [4.78, 5) is 16.3. The van der Waals surface area contributed by atoms with Crippen LogP contribution in [-0.4, -0.2) is 49.3 Å². The van der Waals surface area contributed by atoms with Crippen LogP contribution in [0.1, 0.15) is 15.2 Å². The Labute approximate surface area is 161 Å². The largest absolute Gasteiger partial charge is 0.465 e. The molecule has 0 spiro atoms. The number of esters is 1. The Balaban J connectivity index is 1.61.